The lowest BCUT2D eigenvalue weighted by Crippen LogP contribution is -2.52. The third kappa shape index (κ3) is 5.04. The summed E-state index contributed by atoms with van der Waals surface area (Å²) in [5.74, 6) is 3.36. The lowest BCUT2D eigenvalue weighted by atomic mass is 10.2. The number of hydrogen-bond acceptors (Lipinski definition) is 5. The van der Waals surface area contributed by atoms with Crippen LogP contribution in [0.1, 0.15) is 5.56 Å². The average Bonchev–Trinajstić information content (AvgIpc) is 2.80. The summed E-state index contributed by atoms with van der Waals surface area (Å²) < 4.78 is 16.1. The van der Waals surface area contributed by atoms with E-state index in [1.807, 2.05) is 37.4 Å². The molecule has 1 saturated heterocycles. The van der Waals surface area contributed by atoms with Crippen molar-refractivity contribution in [1.29, 1.82) is 0 Å². The minimum absolute atomic E-state index is 0.635. The topological polar surface area (TPSA) is 58.6 Å². The Morgan fingerprint density at radius 1 is 0.931 bits per heavy atom. The minimum Gasteiger partial charge on any atom is -0.497 e. The van der Waals surface area contributed by atoms with Gasteiger partial charge in [-0.3, -0.25) is 4.99 Å². The van der Waals surface area contributed by atoms with Crippen molar-refractivity contribution in [2.24, 2.45) is 4.99 Å². The van der Waals surface area contributed by atoms with Crippen LogP contribution in [0.5, 0.6) is 17.2 Å². The maximum absolute atomic E-state index is 5.49. The highest BCUT2D eigenvalue weighted by molar-refractivity contribution is 5.80. The van der Waals surface area contributed by atoms with Gasteiger partial charge in [-0.1, -0.05) is 6.07 Å². The molecule has 156 valence electrons. The zero-order valence-corrected chi connectivity index (χ0v) is 17.6. The number of nitrogens with one attached hydrogen (secondary N) is 1. The first-order chi connectivity index (χ1) is 14.2. The molecule has 1 aliphatic heterocycles. The molecule has 2 aromatic carbocycles. The van der Waals surface area contributed by atoms with Gasteiger partial charge in [0.05, 0.1) is 21.3 Å². The van der Waals surface area contributed by atoms with Crippen LogP contribution in [-0.4, -0.2) is 65.4 Å². The molecule has 7 heteroatoms. The van der Waals surface area contributed by atoms with Crippen molar-refractivity contribution in [1.82, 2.24) is 10.2 Å². The summed E-state index contributed by atoms with van der Waals surface area (Å²) in [6, 6.07) is 14.1. The van der Waals surface area contributed by atoms with Gasteiger partial charge in [0, 0.05) is 63.2 Å². The van der Waals surface area contributed by atoms with Gasteiger partial charge in [-0.2, -0.15) is 0 Å². The third-order valence-corrected chi connectivity index (χ3v) is 5.14. The van der Waals surface area contributed by atoms with E-state index < -0.39 is 0 Å². The van der Waals surface area contributed by atoms with E-state index in [-0.39, 0.29) is 0 Å². The second kappa shape index (κ2) is 9.91. The Bertz CT molecular complexity index is 833. The normalized spacial score (nSPS) is 14.6. The van der Waals surface area contributed by atoms with Gasteiger partial charge in [-0.25, -0.2) is 0 Å². The highest BCUT2D eigenvalue weighted by Crippen LogP contribution is 2.25. The standard InChI is InChI=1S/C22H30N4O3/c1-23-22(24-16-17-8-9-20(28-3)15-21(17)29-4)26-12-10-25(11-13-26)18-6-5-7-19(14-18)27-2/h5-9,14-15H,10-13,16H2,1-4H3,(H,23,24). The van der Waals surface area contributed by atoms with Crippen molar-refractivity contribution < 1.29 is 14.2 Å². The molecule has 7 nitrogen and oxygen atoms in total. The fourth-order valence-electron chi connectivity index (χ4n) is 3.49. The van der Waals surface area contributed by atoms with E-state index in [2.05, 4.69) is 32.2 Å². The Hall–Kier alpha value is -3.09. The molecule has 3 rings (SSSR count). The van der Waals surface area contributed by atoms with Crippen molar-refractivity contribution in [2.75, 3.05) is 59.5 Å². The first kappa shape index (κ1) is 20.6. The molecule has 0 spiro atoms. The van der Waals surface area contributed by atoms with Gasteiger partial charge in [-0.05, 0) is 24.3 Å². The van der Waals surface area contributed by atoms with E-state index in [4.69, 9.17) is 14.2 Å². The predicted octanol–water partition coefficient (Wildman–Crippen LogP) is 2.61. The summed E-state index contributed by atoms with van der Waals surface area (Å²) >= 11 is 0. The predicted molar refractivity (Wildman–Crippen MR) is 117 cm³/mol. The lowest BCUT2D eigenvalue weighted by Gasteiger charge is -2.37. The van der Waals surface area contributed by atoms with Crippen molar-refractivity contribution >= 4 is 11.6 Å². The van der Waals surface area contributed by atoms with Crippen molar-refractivity contribution in [2.45, 2.75) is 6.54 Å². The van der Waals surface area contributed by atoms with Crippen LogP contribution in [0.4, 0.5) is 5.69 Å². The minimum atomic E-state index is 0.635. The van der Waals surface area contributed by atoms with Gasteiger partial charge in [0.1, 0.15) is 17.2 Å². The molecule has 0 aromatic heterocycles. The van der Waals surface area contributed by atoms with Gasteiger partial charge in [0.15, 0.2) is 5.96 Å². The van der Waals surface area contributed by atoms with Crippen LogP contribution in [0.25, 0.3) is 0 Å². The largest absolute Gasteiger partial charge is 0.497 e. The van der Waals surface area contributed by atoms with Gasteiger partial charge in [0.2, 0.25) is 0 Å². The molecule has 0 aliphatic carbocycles. The molecular weight excluding hydrogens is 368 g/mol. The Kier molecular flexibility index (Phi) is 7.05. The number of rotatable bonds is 6. The fourth-order valence-corrected chi connectivity index (χ4v) is 3.49. The third-order valence-electron chi connectivity index (χ3n) is 5.14. The smallest absolute Gasteiger partial charge is 0.194 e. The molecular formula is C22H30N4O3. The highest BCUT2D eigenvalue weighted by Gasteiger charge is 2.20. The first-order valence-electron chi connectivity index (χ1n) is 9.74. The van der Waals surface area contributed by atoms with Crippen LogP contribution in [0.15, 0.2) is 47.5 Å². The molecule has 0 amide bonds. The van der Waals surface area contributed by atoms with E-state index in [1.165, 1.54) is 5.69 Å². The molecule has 1 aliphatic rings. The number of aliphatic imine (C=N–C) groups is 1. The number of piperazine rings is 1. The SMILES string of the molecule is CN=C(NCc1ccc(OC)cc1OC)N1CCN(c2cccc(OC)c2)CC1. The Balaban J connectivity index is 1.58. The zero-order chi connectivity index (χ0) is 20.6. The maximum atomic E-state index is 5.49. The van der Waals surface area contributed by atoms with Crippen molar-refractivity contribution in [3.63, 3.8) is 0 Å². The Morgan fingerprint density at radius 3 is 2.31 bits per heavy atom. The molecule has 1 fully saturated rings. The van der Waals surface area contributed by atoms with Gasteiger partial charge in [0.25, 0.3) is 0 Å². The highest BCUT2D eigenvalue weighted by atomic mass is 16.5. The van der Waals surface area contributed by atoms with Crippen LogP contribution in [0.3, 0.4) is 0 Å². The number of benzene rings is 2. The number of methoxy groups -OCH3 is 3. The zero-order valence-electron chi connectivity index (χ0n) is 17.6. The van der Waals surface area contributed by atoms with Crippen molar-refractivity contribution in [3.05, 3.63) is 48.0 Å². The number of nitrogens with zero attached hydrogens (tertiary/aromatic N) is 3. The van der Waals surface area contributed by atoms with E-state index in [1.54, 1.807) is 21.3 Å². The summed E-state index contributed by atoms with van der Waals surface area (Å²) in [6.45, 7) is 4.29. The molecule has 0 radical (unpaired) electrons. The van der Waals surface area contributed by atoms with Gasteiger partial charge < -0.3 is 29.3 Å². The molecule has 0 atom stereocenters. The van der Waals surface area contributed by atoms with E-state index in [0.717, 1.165) is 55.0 Å². The molecule has 0 saturated carbocycles. The lowest BCUT2D eigenvalue weighted by molar-refractivity contribution is 0.370. The second-order valence-electron chi connectivity index (χ2n) is 6.75. The van der Waals surface area contributed by atoms with Crippen LogP contribution in [0, 0.1) is 0 Å². The van der Waals surface area contributed by atoms with Crippen LogP contribution in [0.2, 0.25) is 0 Å². The quantitative estimate of drug-likeness (QED) is 0.596. The number of ether oxygens (including phenoxy) is 3. The number of hydrogen-bond donors (Lipinski definition) is 1. The molecule has 1 N–H and O–H groups in total. The monoisotopic (exact) mass is 398 g/mol. The van der Waals surface area contributed by atoms with E-state index >= 15 is 0 Å². The summed E-state index contributed by atoms with van der Waals surface area (Å²) in [6.07, 6.45) is 0. The average molecular weight is 399 g/mol. The summed E-state index contributed by atoms with van der Waals surface area (Å²) in [4.78, 5) is 9.13. The van der Waals surface area contributed by atoms with Crippen LogP contribution < -0.4 is 24.4 Å². The van der Waals surface area contributed by atoms with E-state index in [0.29, 0.717) is 6.54 Å². The van der Waals surface area contributed by atoms with Gasteiger partial charge in [-0.15, -0.1) is 0 Å². The summed E-state index contributed by atoms with van der Waals surface area (Å²) in [5, 5.41) is 3.46. The number of anilines is 1. The van der Waals surface area contributed by atoms with Crippen LogP contribution in [-0.2, 0) is 6.54 Å². The fraction of sp³-hybridized carbons (Fsp3) is 0.409. The summed E-state index contributed by atoms with van der Waals surface area (Å²) in [7, 11) is 6.84. The second-order valence-corrected chi connectivity index (χ2v) is 6.75. The molecule has 29 heavy (non-hydrogen) atoms. The van der Waals surface area contributed by atoms with E-state index in [9.17, 15) is 0 Å². The summed E-state index contributed by atoms with van der Waals surface area (Å²) in [5.41, 5.74) is 2.25. The Labute approximate surface area is 172 Å². The number of guanidine groups is 1. The van der Waals surface area contributed by atoms with Crippen molar-refractivity contribution in [3.8, 4) is 17.2 Å². The first-order valence-corrected chi connectivity index (χ1v) is 9.74. The molecule has 1 heterocycles. The Morgan fingerprint density at radius 2 is 1.66 bits per heavy atom. The molecule has 2 aromatic rings. The van der Waals surface area contributed by atoms with Gasteiger partial charge >= 0.3 is 0 Å². The molecule has 0 bridgehead atoms. The van der Waals surface area contributed by atoms with Crippen LogP contribution >= 0.6 is 0 Å². The molecule has 0 unspecified atom stereocenters. The maximum Gasteiger partial charge on any atom is 0.194 e.